The fraction of sp³-hybridized carbons (Fsp3) is 0.375. The Kier molecular flexibility index (Phi) is 6.79. The van der Waals surface area contributed by atoms with Crippen LogP contribution in [0.4, 0.5) is 18.9 Å². The van der Waals surface area contributed by atoms with Crippen molar-refractivity contribution in [3.63, 3.8) is 0 Å². The third-order valence-corrected chi connectivity index (χ3v) is 6.66. The first-order valence-corrected chi connectivity index (χ1v) is 11.4. The molecule has 1 saturated heterocycles. The number of aliphatic imine (C=N–C) groups is 1. The van der Waals surface area contributed by atoms with Crippen molar-refractivity contribution in [3.05, 3.63) is 63.9 Å². The number of carbonyl (C=O) groups is 2. The number of anilines is 1. The molecule has 4 rings (SSSR count). The number of nitrogens with two attached hydrogens (primary N) is 1. The molecule has 0 saturated carbocycles. The van der Waals surface area contributed by atoms with Crippen LogP contribution in [0.3, 0.4) is 0 Å². The number of nitrogens with one attached hydrogen (secondary N) is 1. The van der Waals surface area contributed by atoms with Crippen molar-refractivity contribution < 1.29 is 27.5 Å². The van der Waals surface area contributed by atoms with Gasteiger partial charge in [-0.25, -0.2) is 18.2 Å². The van der Waals surface area contributed by atoms with Gasteiger partial charge in [0.1, 0.15) is 23.0 Å². The van der Waals surface area contributed by atoms with Crippen LogP contribution in [-0.4, -0.2) is 41.4 Å². The van der Waals surface area contributed by atoms with Crippen LogP contribution in [0.5, 0.6) is 0 Å². The highest BCUT2D eigenvalue weighted by atomic mass is 35.5. The van der Waals surface area contributed by atoms with Crippen LogP contribution in [0, 0.1) is 17.5 Å². The molecule has 0 unspecified atom stereocenters. The number of guanidine groups is 1. The van der Waals surface area contributed by atoms with E-state index in [2.05, 4.69) is 10.3 Å². The second-order valence-corrected chi connectivity index (χ2v) is 9.29. The van der Waals surface area contributed by atoms with Crippen molar-refractivity contribution in [3.8, 4) is 0 Å². The lowest BCUT2D eigenvalue weighted by molar-refractivity contribution is -0.133. The number of carbonyl (C=O) groups excluding carboxylic acids is 2. The Morgan fingerprint density at radius 1 is 1.29 bits per heavy atom. The molecular formula is C24H24ClF3N4O3. The summed E-state index contributed by atoms with van der Waals surface area (Å²) in [6.45, 7) is 4.14. The van der Waals surface area contributed by atoms with Gasteiger partial charge in [-0.1, -0.05) is 23.7 Å². The van der Waals surface area contributed by atoms with Crippen molar-refractivity contribution in [2.75, 3.05) is 11.9 Å². The van der Waals surface area contributed by atoms with Gasteiger partial charge in [-0.05, 0) is 32.8 Å². The van der Waals surface area contributed by atoms with E-state index in [1.807, 2.05) is 6.92 Å². The predicted octanol–water partition coefficient (Wildman–Crippen LogP) is 4.34. The fourth-order valence-electron chi connectivity index (χ4n) is 4.60. The second-order valence-electron chi connectivity index (χ2n) is 8.91. The number of halogens is 4. The minimum atomic E-state index is -1.35. The third kappa shape index (κ3) is 4.85. The maximum Gasteiger partial charge on any atom is 0.261 e. The van der Waals surface area contributed by atoms with Crippen molar-refractivity contribution in [1.82, 2.24) is 4.90 Å². The number of hydrogen-bond acceptors (Lipinski definition) is 5. The minimum Gasteiger partial charge on any atom is -0.378 e. The Balaban J connectivity index is 1.63. The van der Waals surface area contributed by atoms with E-state index in [1.165, 1.54) is 11.0 Å². The summed E-state index contributed by atoms with van der Waals surface area (Å²) in [6.07, 6.45) is 1.24. The average Bonchev–Trinajstić information content (AvgIpc) is 2.74. The molecule has 3 N–H and O–H groups in total. The molecule has 1 fully saturated rings. The van der Waals surface area contributed by atoms with Crippen molar-refractivity contribution in [2.24, 2.45) is 10.7 Å². The molecule has 0 aromatic heterocycles. The van der Waals surface area contributed by atoms with E-state index in [0.29, 0.717) is 37.1 Å². The standard InChI is InChI=1S/C24H24ClF3N4O3/c1-12-8-14(6-7-35-12)32-19(33)11-24(2,31-23(32)29)15-4-3-5-18(21(15)25)30-22(34)20-16(27)9-13(26)10-17(20)28/h3-5,9-10,12,14H,6-8,11H2,1-2H3,(H2,29,31)(H,30,34)/t12-,14-,24+/m1/s1. The zero-order valence-corrected chi connectivity index (χ0v) is 19.8. The first-order valence-electron chi connectivity index (χ1n) is 11.0. The van der Waals surface area contributed by atoms with Crippen LogP contribution < -0.4 is 11.1 Å². The lowest BCUT2D eigenvalue weighted by Crippen LogP contribution is -2.56. The maximum absolute atomic E-state index is 14.0. The van der Waals surface area contributed by atoms with E-state index in [9.17, 15) is 22.8 Å². The predicted molar refractivity (Wildman–Crippen MR) is 125 cm³/mol. The van der Waals surface area contributed by atoms with Gasteiger partial charge in [0.2, 0.25) is 5.91 Å². The Morgan fingerprint density at radius 2 is 1.97 bits per heavy atom. The quantitative estimate of drug-likeness (QED) is 0.642. The molecule has 3 atom stereocenters. The van der Waals surface area contributed by atoms with Gasteiger partial charge in [-0.2, -0.15) is 0 Å². The molecule has 7 nitrogen and oxygen atoms in total. The molecule has 2 aromatic rings. The molecule has 0 spiro atoms. The van der Waals surface area contributed by atoms with Crippen LogP contribution in [0.15, 0.2) is 35.3 Å². The van der Waals surface area contributed by atoms with E-state index in [0.717, 1.165) is 0 Å². The van der Waals surface area contributed by atoms with E-state index >= 15 is 0 Å². The number of hydrogen-bond donors (Lipinski definition) is 2. The summed E-state index contributed by atoms with van der Waals surface area (Å²) in [7, 11) is 0. The number of ether oxygens (including phenoxy) is 1. The molecule has 2 aliphatic rings. The highest BCUT2D eigenvalue weighted by molar-refractivity contribution is 6.35. The van der Waals surface area contributed by atoms with Gasteiger partial charge in [0, 0.05) is 30.3 Å². The first-order chi connectivity index (χ1) is 16.5. The Morgan fingerprint density at radius 3 is 2.60 bits per heavy atom. The maximum atomic E-state index is 14.0. The van der Waals surface area contributed by atoms with Gasteiger partial charge in [0.05, 0.1) is 28.8 Å². The van der Waals surface area contributed by atoms with Crippen molar-refractivity contribution >= 4 is 35.1 Å². The molecule has 0 aliphatic carbocycles. The lowest BCUT2D eigenvalue weighted by atomic mass is 9.86. The van der Waals surface area contributed by atoms with Crippen molar-refractivity contribution in [1.29, 1.82) is 0 Å². The fourth-order valence-corrected chi connectivity index (χ4v) is 4.97. The summed E-state index contributed by atoms with van der Waals surface area (Å²) >= 11 is 6.55. The highest BCUT2D eigenvalue weighted by Gasteiger charge is 2.42. The summed E-state index contributed by atoms with van der Waals surface area (Å²) < 4.78 is 46.8. The van der Waals surface area contributed by atoms with Gasteiger partial charge >= 0.3 is 0 Å². The van der Waals surface area contributed by atoms with E-state index in [-0.39, 0.29) is 41.1 Å². The molecule has 2 amide bonds. The second kappa shape index (κ2) is 9.50. The highest BCUT2D eigenvalue weighted by Crippen LogP contribution is 2.41. The van der Waals surface area contributed by atoms with Crippen LogP contribution in [-0.2, 0) is 15.1 Å². The van der Waals surface area contributed by atoms with E-state index in [4.69, 9.17) is 22.1 Å². The van der Waals surface area contributed by atoms with Gasteiger partial charge in [-0.3, -0.25) is 14.5 Å². The largest absolute Gasteiger partial charge is 0.378 e. The summed E-state index contributed by atoms with van der Waals surface area (Å²) in [5, 5.41) is 2.38. The normalized spacial score (nSPS) is 24.8. The number of amides is 2. The van der Waals surface area contributed by atoms with E-state index < -0.39 is 34.5 Å². The average molecular weight is 509 g/mol. The van der Waals surface area contributed by atoms with Gasteiger partial charge in [-0.15, -0.1) is 0 Å². The van der Waals surface area contributed by atoms with Crippen LogP contribution in [0.2, 0.25) is 5.02 Å². The van der Waals surface area contributed by atoms with E-state index in [1.54, 1.807) is 19.1 Å². The molecular weight excluding hydrogens is 485 g/mol. The first kappa shape index (κ1) is 25.0. The van der Waals surface area contributed by atoms with Crippen LogP contribution in [0.25, 0.3) is 0 Å². The molecule has 2 heterocycles. The molecule has 0 bridgehead atoms. The smallest absolute Gasteiger partial charge is 0.261 e. The summed E-state index contributed by atoms with van der Waals surface area (Å²) in [6, 6.07) is 5.32. The lowest BCUT2D eigenvalue weighted by Gasteiger charge is -2.41. The zero-order valence-electron chi connectivity index (χ0n) is 19.1. The molecule has 2 aromatic carbocycles. The molecule has 0 radical (unpaired) electrons. The zero-order chi connectivity index (χ0) is 25.5. The number of nitrogens with zero attached hydrogens (tertiary/aromatic N) is 2. The Bertz CT molecular complexity index is 1200. The van der Waals surface area contributed by atoms with Crippen molar-refractivity contribution in [2.45, 2.75) is 50.8 Å². The number of benzene rings is 2. The third-order valence-electron chi connectivity index (χ3n) is 6.26. The van der Waals surface area contributed by atoms with Crippen LogP contribution in [0.1, 0.15) is 49.0 Å². The molecule has 11 heteroatoms. The van der Waals surface area contributed by atoms with Gasteiger partial charge in [0.25, 0.3) is 5.91 Å². The molecule has 35 heavy (non-hydrogen) atoms. The Hall–Kier alpha value is -3.11. The SMILES string of the molecule is C[C@@H]1C[C@H](N2C(=O)C[C@@](C)(c3cccc(NC(=O)c4c(F)cc(F)cc4F)c3Cl)N=C2N)CCO1. The van der Waals surface area contributed by atoms with Gasteiger partial charge < -0.3 is 15.8 Å². The molecule has 2 aliphatic heterocycles. The van der Waals surface area contributed by atoms with Gasteiger partial charge in [0.15, 0.2) is 5.96 Å². The summed E-state index contributed by atoms with van der Waals surface area (Å²) in [4.78, 5) is 31.8. The van der Waals surface area contributed by atoms with Crippen LogP contribution >= 0.6 is 11.6 Å². The molecule has 186 valence electrons. The number of rotatable bonds is 4. The minimum absolute atomic E-state index is 0.00632. The Labute approximate surface area is 205 Å². The monoisotopic (exact) mass is 508 g/mol. The topological polar surface area (TPSA) is 97.0 Å². The summed E-state index contributed by atoms with van der Waals surface area (Å²) in [5.41, 5.74) is 4.59. The summed E-state index contributed by atoms with van der Waals surface area (Å²) in [5.74, 6) is -5.16.